The fourth-order valence-electron chi connectivity index (χ4n) is 1.65. The molecule has 2 rings (SSSR count). The van der Waals surface area contributed by atoms with E-state index in [0.717, 1.165) is 18.4 Å². The highest BCUT2D eigenvalue weighted by molar-refractivity contribution is 7.14. The SMILES string of the molecule is CCCCOC(=O)Nc1nc(-c2ccc([N+](=O)[O-])cc2)cs1. The van der Waals surface area contributed by atoms with Crippen molar-refractivity contribution in [3.8, 4) is 11.3 Å². The Morgan fingerprint density at radius 2 is 2.14 bits per heavy atom. The van der Waals surface area contributed by atoms with Crippen molar-refractivity contribution in [2.75, 3.05) is 11.9 Å². The Morgan fingerprint density at radius 1 is 1.41 bits per heavy atom. The first-order valence-electron chi connectivity index (χ1n) is 6.74. The second-order valence-electron chi connectivity index (χ2n) is 4.46. The van der Waals surface area contributed by atoms with Gasteiger partial charge in [-0.05, 0) is 18.6 Å². The van der Waals surface area contributed by atoms with Crippen molar-refractivity contribution >= 4 is 28.2 Å². The first kappa shape index (κ1) is 15.9. The second kappa shape index (κ2) is 7.51. The third-order valence-corrected chi connectivity index (χ3v) is 3.58. The van der Waals surface area contributed by atoms with Crippen molar-refractivity contribution in [3.05, 3.63) is 39.8 Å². The average molecular weight is 321 g/mol. The minimum Gasteiger partial charge on any atom is -0.449 e. The summed E-state index contributed by atoms with van der Waals surface area (Å²) in [7, 11) is 0. The molecular formula is C14H15N3O4S. The van der Waals surface area contributed by atoms with E-state index < -0.39 is 11.0 Å². The molecule has 0 bridgehead atoms. The molecule has 0 unspecified atom stereocenters. The van der Waals surface area contributed by atoms with Crippen LogP contribution in [0, 0.1) is 10.1 Å². The number of nitrogens with one attached hydrogen (secondary N) is 1. The number of ether oxygens (including phenoxy) is 1. The number of nitro groups is 1. The normalized spacial score (nSPS) is 10.2. The Balaban J connectivity index is 1.98. The zero-order valence-corrected chi connectivity index (χ0v) is 12.8. The van der Waals surface area contributed by atoms with E-state index in [4.69, 9.17) is 4.74 Å². The van der Waals surface area contributed by atoms with E-state index in [0.29, 0.717) is 17.4 Å². The summed E-state index contributed by atoms with van der Waals surface area (Å²) in [4.78, 5) is 25.9. The predicted octanol–water partition coefficient (Wildman–Crippen LogP) is 4.07. The maximum atomic E-state index is 11.5. The van der Waals surface area contributed by atoms with Gasteiger partial charge in [0.15, 0.2) is 5.13 Å². The lowest BCUT2D eigenvalue weighted by molar-refractivity contribution is -0.384. The molecule has 0 saturated carbocycles. The van der Waals surface area contributed by atoms with Crippen LogP contribution >= 0.6 is 11.3 Å². The van der Waals surface area contributed by atoms with E-state index in [1.807, 2.05) is 6.92 Å². The Labute approximate surface area is 131 Å². The molecule has 2 aromatic rings. The van der Waals surface area contributed by atoms with Crippen molar-refractivity contribution < 1.29 is 14.5 Å². The van der Waals surface area contributed by atoms with Gasteiger partial charge in [0.05, 0.1) is 17.2 Å². The quantitative estimate of drug-likeness (QED) is 0.491. The standard InChI is InChI=1S/C14H15N3O4S/c1-2-3-8-21-14(18)16-13-15-12(9-22-13)10-4-6-11(7-5-10)17(19)20/h4-7,9H,2-3,8H2,1H3,(H,15,16,18). The topological polar surface area (TPSA) is 94.4 Å². The van der Waals surface area contributed by atoms with E-state index in [1.54, 1.807) is 17.5 Å². The third kappa shape index (κ3) is 4.26. The zero-order chi connectivity index (χ0) is 15.9. The Bertz CT molecular complexity index is 654. The van der Waals surface area contributed by atoms with Crippen LogP contribution in [0.25, 0.3) is 11.3 Å². The lowest BCUT2D eigenvalue weighted by Crippen LogP contribution is -2.14. The summed E-state index contributed by atoms with van der Waals surface area (Å²) in [5, 5.41) is 15.4. The lowest BCUT2D eigenvalue weighted by Gasteiger charge is -2.03. The van der Waals surface area contributed by atoms with E-state index in [-0.39, 0.29) is 5.69 Å². The number of aromatic nitrogens is 1. The number of nitrogens with zero attached hydrogens (tertiary/aromatic N) is 2. The van der Waals surface area contributed by atoms with Crippen LogP contribution in [0.3, 0.4) is 0 Å². The summed E-state index contributed by atoms with van der Waals surface area (Å²) in [5.41, 5.74) is 1.41. The molecule has 1 heterocycles. The number of thiazole rings is 1. The summed E-state index contributed by atoms with van der Waals surface area (Å²) in [5.74, 6) is 0. The van der Waals surface area contributed by atoms with Gasteiger partial charge in [0, 0.05) is 23.1 Å². The van der Waals surface area contributed by atoms with Crippen LogP contribution in [0.1, 0.15) is 19.8 Å². The van der Waals surface area contributed by atoms with Crippen LogP contribution in [-0.2, 0) is 4.74 Å². The van der Waals surface area contributed by atoms with Crippen molar-refractivity contribution in [1.82, 2.24) is 4.98 Å². The molecule has 1 aromatic carbocycles. The second-order valence-corrected chi connectivity index (χ2v) is 5.31. The molecule has 0 radical (unpaired) electrons. The van der Waals surface area contributed by atoms with Crippen LogP contribution in [0.15, 0.2) is 29.6 Å². The minimum atomic E-state index is -0.530. The fraction of sp³-hybridized carbons (Fsp3) is 0.286. The van der Waals surface area contributed by atoms with Crippen molar-refractivity contribution in [1.29, 1.82) is 0 Å². The van der Waals surface area contributed by atoms with Crippen molar-refractivity contribution in [3.63, 3.8) is 0 Å². The van der Waals surface area contributed by atoms with Gasteiger partial charge in [-0.2, -0.15) is 0 Å². The van der Waals surface area contributed by atoms with Gasteiger partial charge >= 0.3 is 6.09 Å². The molecule has 1 amide bonds. The summed E-state index contributed by atoms with van der Waals surface area (Å²) >= 11 is 1.27. The molecule has 116 valence electrons. The van der Waals surface area contributed by atoms with Gasteiger partial charge in [0.2, 0.25) is 0 Å². The van der Waals surface area contributed by atoms with Gasteiger partial charge in [0.25, 0.3) is 5.69 Å². The van der Waals surface area contributed by atoms with Gasteiger partial charge in [0.1, 0.15) is 0 Å². The molecule has 0 aliphatic heterocycles. The highest BCUT2D eigenvalue weighted by Crippen LogP contribution is 2.26. The zero-order valence-electron chi connectivity index (χ0n) is 11.9. The van der Waals surface area contributed by atoms with E-state index in [1.165, 1.54) is 23.5 Å². The predicted molar refractivity (Wildman–Crippen MR) is 84.1 cm³/mol. The highest BCUT2D eigenvalue weighted by atomic mass is 32.1. The number of hydrogen-bond donors (Lipinski definition) is 1. The lowest BCUT2D eigenvalue weighted by atomic mass is 10.1. The molecule has 0 aliphatic carbocycles. The monoisotopic (exact) mass is 321 g/mol. The number of anilines is 1. The number of amides is 1. The molecule has 0 saturated heterocycles. The molecule has 1 aromatic heterocycles. The molecule has 1 N–H and O–H groups in total. The van der Waals surface area contributed by atoms with E-state index in [2.05, 4.69) is 10.3 Å². The van der Waals surface area contributed by atoms with Gasteiger partial charge in [-0.1, -0.05) is 13.3 Å². The van der Waals surface area contributed by atoms with Crippen LogP contribution in [0.2, 0.25) is 0 Å². The largest absolute Gasteiger partial charge is 0.449 e. The molecule has 22 heavy (non-hydrogen) atoms. The molecule has 7 nitrogen and oxygen atoms in total. The summed E-state index contributed by atoms with van der Waals surface area (Å²) in [6.07, 6.45) is 1.24. The highest BCUT2D eigenvalue weighted by Gasteiger charge is 2.10. The molecular weight excluding hydrogens is 306 g/mol. The van der Waals surface area contributed by atoms with Crippen LogP contribution < -0.4 is 5.32 Å². The number of benzene rings is 1. The smallest absolute Gasteiger partial charge is 0.413 e. The minimum absolute atomic E-state index is 0.0248. The number of unbranched alkanes of at least 4 members (excludes halogenated alkanes) is 1. The average Bonchev–Trinajstić information content (AvgIpc) is 2.96. The Kier molecular flexibility index (Phi) is 5.42. The number of rotatable bonds is 6. The van der Waals surface area contributed by atoms with Gasteiger partial charge in [-0.3, -0.25) is 15.4 Å². The van der Waals surface area contributed by atoms with Gasteiger partial charge < -0.3 is 4.74 Å². The molecule has 0 spiro atoms. The molecule has 0 aliphatic rings. The van der Waals surface area contributed by atoms with E-state index >= 15 is 0 Å². The molecule has 8 heteroatoms. The third-order valence-electron chi connectivity index (χ3n) is 2.82. The van der Waals surface area contributed by atoms with Crippen LogP contribution in [0.5, 0.6) is 0 Å². The van der Waals surface area contributed by atoms with Gasteiger partial charge in [-0.25, -0.2) is 9.78 Å². The number of non-ortho nitro benzene ring substituents is 1. The molecule has 0 fully saturated rings. The van der Waals surface area contributed by atoms with Crippen molar-refractivity contribution in [2.24, 2.45) is 0 Å². The Hall–Kier alpha value is -2.48. The summed E-state index contributed by atoms with van der Waals surface area (Å²) < 4.78 is 4.99. The van der Waals surface area contributed by atoms with Crippen LogP contribution in [-0.4, -0.2) is 22.6 Å². The fourth-order valence-corrected chi connectivity index (χ4v) is 2.36. The first-order chi connectivity index (χ1) is 10.6. The number of carbonyl (C=O) groups is 1. The van der Waals surface area contributed by atoms with E-state index in [9.17, 15) is 14.9 Å². The number of carbonyl (C=O) groups excluding carboxylic acids is 1. The maximum absolute atomic E-state index is 11.5. The van der Waals surface area contributed by atoms with Crippen LogP contribution in [0.4, 0.5) is 15.6 Å². The molecule has 0 atom stereocenters. The number of hydrogen-bond acceptors (Lipinski definition) is 6. The maximum Gasteiger partial charge on any atom is 0.413 e. The Morgan fingerprint density at radius 3 is 2.77 bits per heavy atom. The van der Waals surface area contributed by atoms with Crippen molar-refractivity contribution in [2.45, 2.75) is 19.8 Å². The number of nitro benzene ring substituents is 1. The first-order valence-corrected chi connectivity index (χ1v) is 7.62. The van der Waals surface area contributed by atoms with Gasteiger partial charge in [-0.15, -0.1) is 11.3 Å². The summed E-state index contributed by atoms with van der Waals surface area (Å²) in [6.45, 7) is 2.39. The summed E-state index contributed by atoms with van der Waals surface area (Å²) in [6, 6.07) is 6.08.